The molecule has 12 nitrogen and oxygen atoms in total. The minimum atomic E-state index is -1.89. The molecule has 1 aliphatic rings. The molecule has 0 aliphatic carbocycles. The summed E-state index contributed by atoms with van der Waals surface area (Å²) in [6, 6.07) is 0. The second kappa shape index (κ2) is 44.7. The number of allylic oxidation sites excluding steroid dienone is 2. The summed E-state index contributed by atoms with van der Waals surface area (Å²) in [5, 5.41) is 31.3. The third-order valence-electron chi connectivity index (χ3n) is 12.8. The zero-order valence-corrected chi connectivity index (χ0v) is 42.9. The molecule has 0 spiro atoms. The summed E-state index contributed by atoms with van der Waals surface area (Å²) < 4.78 is 28.3. The number of hydrogen-bond donors (Lipinski definition) is 3. The maximum atomic E-state index is 13.1. The van der Waals surface area contributed by atoms with E-state index < -0.39 is 67.3 Å². The smallest absolute Gasteiger partial charge is 0.335 e. The number of carbonyl (C=O) groups is 4. The number of carboxylic acid groups (broad SMARTS) is 1. The minimum Gasteiger partial charge on any atom is -0.479 e. The Bertz CT molecular complexity index is 1230. The highest BCUT2D eigenvalue weighted by atomic mass is 16.7. The zero-order valence-electron chi connectivity index (χ0n) is 42.9. The molecule has 0 amide bonds. The Morgan fingerprint density at radius 3 is 1.27 bits per heavy atom. The lowest BCUT2D eigenvalue weighted by Crippen LogP contribution is -2.61. The van der Waals surface area contributed by atoms with Gasteiger partial charge >= 0.3 is 23.9 Å². The fourth-order valence-electron chi connectivity index (χ4n) is 8.54. The van der Waals surface area contributed by atoms with Gasteiger partial charge in [-0.2, -0.15) is 0 Å². The highest BCUT2D eigenvalue weighted by Gasteiger charge is 2.50. The SMILES string of the molecule is CCCCCCCC/C=C\CCCCCCCC(=O)OCC(COC1OC(C(=O)O)C(O)C(O)C1OC(=O)CCCCCCCCCCCCC)OC(=O)CCCCCCCCCCCCC. The van der Waals surface area contributed by atoms with Crippen molar-refractivity contribution in [2.45, 2.75) is 302 Å². The first-order valence-corrected chi connectivity index (χ1v) is 27.7. The number of carboxylic acids is 1. The van der Waals surface area contributed by atoms with Gasteiger partial charge in [-0.3, -0.25) is 14.4 Å². The van der Waals surface area contributed by atoms with Crippen molar-refractivity contribution in [1.29, 1.82) is 0 Å². The van der Waals surface area contributed by atoms with E-state index in [1.165, 1.54) is 122 Å². The molecule has 1 fully saturated rings. The average Bonchev–Trinajstić information content (AvgIpc) is 3.31. The van der Waals surface area contributed by atoms with E-state index in [4.69, 9.17) is 23.7 Å². The monoisotopic (exact) mass is 953 g/mol. The lowest BCUT2D eigenvalue weighted by Gasteiger charge is -2.40. The molecule has 1 aliphatic heterocycles. The van der Waals surface area contributed by atoms with Gasteiger partial charge in [0.2, 0.25) is 0 Å². The Morgan fingerprint density at radius 2 is 0.851 bits per heavy atom. The van der Waals surface area contributed by atoms with E-state index in [1.54, 1.807) is 0 Å². The van der Waals surface area contributed by atoms with Crippen LogP contribution < -0.4 is 0 Å². The Hall–Kier alpha value is -2.54. The molecule has 0 bridgehead atoms. The van der Waals surface area contributed by atoms with Crippen LogP contribution in [0.4, 0.5) is 0 Å². The second-order valence-corrected chi connectivity index (χ2v) is 19.2. The van der Waals surface area contributed by atoms with Gasteiger partial charge in [0.25, 0.3) is 0 Å². The summed E-state index contributed by atoms with van der Waals surface area (Å²) in [4.78, 5) is 50.8. The lowest BCUT2D eigenvalue weighted by molar-refractivity contribution is -0.301. The van der Waals surface area contributed by atoms with Gasteiger partial charge in [-0.05, 0) is 44.9 Å². The molecule has 0 aromatic heterocycles. The molecular weight excluding hydrogens is 853 g/mol. The number of unbranched alkanes of at least 4 members (excludes halogenated alkanes) is 31. The van der Waals surface area contributed by atoms with Gasteiger partial charge in [0.05, 0.1) is 6.61 Å². The van der Waals surface area contributed by atoms with Crippen molar-refractivity contribution in [2.75, 3.05) is 13.2 Å². The number of carbonyl (C=O) groups excluding carboxylic acids is 3. The highest BCUT2D eigenvalue weighted by molar-refractivity contribution is 5.74. The second-order valence-electron chi connectivity index (χ2n) is 19.2. The number of aliphatic carboxylic acids is 1. The van der Waals surface area contributed by atoms with E-state index in [2.05, 4.69) is 32.9 Å². The molecule has 0 aromatic carbocycles. The summed E-state index contributed by atoms with van der Waals surface area (Å²) in [6.07, 6.45) is 34.8. The van der Waals surface area contributed by atoms with Gasteiger partial charge in [0.15, 0.2) is 24.6 Å². The molecule has 3 N–H and O–H groups in total. The topological polar surface area (TPSA) is 175 Å². The number of rotatable bonds is 47. The van der Waals surface area contributed by atoms with Gasteiger partial charge in [-0.15, -0.1) is 0 Å². The van der Waals surface area contributed by atoms with Crippen LogP contribution in [0.2, 0.25) is 0 Å². The van der Waals surface area contributed by atoms with E-state index in [0.717, 1.165) is 83.5 Å². The first-order chi connectivity index (χ1) is 32.6. The largest absolute Gasteiger partial charge is 0.479 e. The summed E-state index contributed by atoms with van der Waals surface area (Å²) >= 11 is 0. The van der Waals surface area contributed by atoms with Crippen molar-refractivity contribution in [3.05, 3.63) is 12.2 Å². The van der Waals surface area contributed by atoms with E-state index >= 15 is 0 Å². The van der Waals surface area contributed by atoms with Gasteiger partial charge in [0, 0.05) is 19.3 Å². The van der Waals surface area contributed by atoms with Crippen LogP contribution in [0.3, 0.4) is 0 Å². The molecule has 0 radical (unpaired) electrons. The number of ether oxygens (including phenoxy) is 5. The van der Waals surface area contributed by atoms with Crippen molar-refractivity contribution in [3.63, 3.8) is 0 Å². The van der Waals surface area contributed by atoms with E-state index in [-0.39, 0.29) is 25.9 Å². The van der Waals surface area contributed by atoms with E-state index in [1.807, 2.05) is 0 Å². The fourth-order valence-corrected chi connectivity index (χ4v) is 8.54. The molecular formula is C55H100O12. The predicted molar refractivity (Wildman–Crippen MR) is 267 cm³/mol. The molecule has 6 atom stereocenters. The van der Waals surface area contributed by atoms with Crippen LogP contribution in [0.1, 0.15) is 265 Å². The van der Waals surface area contributed by atoms with E-state index in [9.17, 15) is 34.5 Å². The van der Waals surface area contributed by atoms with Crippen LogP contribution in [-0.2, 0) is 42.9 Å². The fraction of sp³-hybridized carbons (Fsp3) is 0.891. The molecule has 1 saturated heterocycles. The van der Waals surface area contributed by atoms with Gasteiger partial charge in [-0.25, -0.2) is 4.79 Å². The van der Waals surface area contributed by atoms with Gasteiger partial charge in [-0.1, -0.05) is 213 Å². The summed E-state index contributed by atoms with van der Waals surface area (Å²) in [5.74, 6) is -3.10. The molecule has 392 valence electrons. The Kier molecular flexibility index (Phi) is 41.6. The molecule has 1 rings (SSSR count). The zero-order chi connectivity index (χ0) is 49.0. The van der Waals surface area contributed by atoms with Crippen LogP contribution in [-0.4, -0.2) is 89.2 Å². The van der Waals surface area contributed by atoms with Crippen molar-refractivity contribution in [2.24, 2.45) is 0 Å². The Balaban J connectivity index is 2.70. The van der Waals surface area contributed by atoms with Gasteiger partial charge in [0.1, 0.15) is 18.8 Å². The maximum absolute atomic E-state index is 13.1. The highest BCUT2D eigenvalue weighted by Crippen LogP contribution is 2.26. The Morgan fingerprint density at radius 1 is 0.478 bits per heavy atom. The first-order valence-electron chi connectivity index (χ1n) is 27.7. The van der Waals surface area contributed by atoms with Crippen molar-refractivity contribution < 1.29 is 58.2 Å². The van der Waals surface area contributed by atoms with Crippen LogP contribution in [0, 0.1) is 0 Å². The van der Waals surface area contributed by atoms with Crippen molar-refractivity contribution in [3.8, 4) is 0 Å². The lowest BCUT2D eigenvalue weighted by atomic mass is 9.98. The van der Waals surface area contributed by atoms with Crippen LogP contribution >= 0.6 is 0 Å². The maximum Gasteiger partial charge on any atom is 0.335 e. The van der Waals surface area contributed by atoms with Gasteiger partial charge < -0.3 is 39.0 Å². The number of aliphatic hydroxyl groups is 2. The van der Waals surface area contributed by atoms with Crippen LogP contribution in [0.15, 0.2) is 12.2 Å². The van der Waals surface area contributed by atoms with Crippen molar-refractivity contribution in [1.82, 2.24) is 0 Å². The molecule has 12 heteroatoms. The number of esters is 3. The average molecular weight is 953 g/mol. The normalized spacial score (nSPS) is 18.9. The molecule has 0 saturated carbocycles. The Labute approximate surface area is 407 Å². The minimum absolute atomic E-state index is 0.0668. The number of hydrogen-bond acceptors (Lipinski definition) is 11. The molecule has 67 heavy (non-hydrogen) atoms. The third-order valence-corrected chi connectivity index (χ3v) is 12.8. The van der Waals surface area contributed by atoms with Crippen LogP contribution in [0.5, 0.6) is 0 Å². The van der Waals surface area contributed by atoms with Crippen molar-refractivity contribution >= 4 is 23.9 Å². The number of aliphatic hydroxyl groups excluding tert-OH is 2. The summed E-state index contributed by atoms with van der Waals surface area (Å²) in [7, 11) is 0. The molecule has 6 unspecified atom stereocenters. The van der Waals surface area contributed by atoms with Crippen LogP contribution in [0.25, 0.3) is 0 Å². The predicted octanol–water partition coefficient (Wildman–Crippen LogP) is 13.3. The van der Waals surface area contributed by atoms with E-state index in [0.29, 0.717) is 19.3 Å². The molecule has 0 aromatic rings. The quantitative estimate of drug-likeness (QED) is 0.0228. The third kappa shape index (κ3) is 35.3. The summed E-state index contributed by atoms with van der Waals surface area (Å²) in [5.41, 5.74) is 0. The summed E-state index contributed by atoms with van der Waals surface area (Å²) in [6.45, 7) is 5.96. The first kappa shape index (κ1) is 62.5. The molecule has 1 heterocycles. The standard InChI is InChI=1S/C55H100O12/c1-4-7-10-13-16-19-22-23-24-25-28-29-32-35-38-41-47(56)63-44-46(65-48(57)42-39-36-33-30-26-20-17-14-11-8-5-2)45-64-55-53(51(60)50(59)52(67-55)54(61)62)66-49(58)43-40-37-34-31-27-21-18-15-12-9-6-3/h23-24,46,50-53,55,59-60H,4-22,25-45H2,1-3H3,(H,61,62)/b24-23-.